The summed E-state index contributed by atoms with van der Waals surface area (Å²) in [7, 11) is 0. The second-order valence-corrected chi connectivity index (χ2v) is 6.54. The molecule has 2 saturated carbocycles. The summed E-state index contributed by atoms with van der Waals surface area (Å²) in [6.45, 7) is 0.824. The molecule has 21 heavy (non-hydrogen) atoms. The second kappa shape index (κ2) is 5.29. The van der Waals surface area contributed by atoms with Gasteiger partial charge in [-0.1, -0.05) is 12.1 Å². The summed E-state index contributed by atoms with van der Waals surface area (Å²) >= 11 is 0. The van der Waals surface area contributed by atoms with Gasteiger partial charge in [-0.2, -0.15) is 13.2 Å². The van der Waals surface area contributed by atoms with E-state index < -0.39 is 11.7 Å². The van der Waals surface area contributed by atoms with Gasteiger partial charge in [0.2, 0.25) is 0 Å². The molecule has 0 aromatic heterocycles. The zero-order valence-electron chi connectivity index (χ0n) is 11.8. The smallest absolute Gasteiger partial charge is 0.376 e. The first-order chi connectivity index (χ1) is 9.86. The number of nitrogens with two attached hydrogens (primary N) is 1. The lowest BCUT2D eigenvalue weighted by atomic mass is 9.87. The topological polar surface area (TPSA) is 35.2 Å². The molecule has 0 saturated heterocycles. The maximum absolute atomic E-state index is 12.6. The molecule has 116 valence electrons. The van der Waals surface area contributed by atoms with Crippen LogP contribution >= 0.6 is 0 Å². The lowest BCUT2D eigenvalue weighted by Crippen LogP contribution is -2.36. The van der Waals surface area contributed by atoms with Crippen molar-refractivity contribution in [3.05, 3.63) is 35.4 Å². The van der Waals surface area contributed by atoms with E-state index in [9.17, 15) is 13.2 Å². The molecule has 2 fully saturated rings. The predicted octanol–water partition coefficient (Wildman–Crippen LogP) is 3.74. The highest BCUT2D eigenvalue weighted by molar-refractivity contribution is 5.25. The summed E-state index contributed by atoms with van der Waals surface area (Å²) in [6.07, 6.45) is 0.0211. The highest BCUT2D eigenvalue weighted by Crippen LogP contribution is 2.49. The van der Waals surface area contributed by atoms with Gasteiger partial charge in [0.15, 0.2) is 0 Å². The highest BCUT2D eigenvalue weighted by Gasteiger charge is 2.47. The normalized spacial score (nSPS) is 31.8. The maximum atomic E-state index is 12.6. The van der Waals surface area contributed by atoms with E-state index in [4.69, 9.17) is 10.5 Å². The number of ether oxygens (including phenoxy) is 1. The molecule has 0 amide bonds. The number of benzene rings is 1. The van der Waals surface area contributed by atoms with Crippen LogP contribution in [0.2, 0.25) is 0 Å². The third-order valence-corrected chi connectivity index (χ3v) is 4.87. The van der Waals surface area contributed by atoms with Gasteiger partial charge in [0.05, 0.1) is 18.8 Å². The van der Waals surface area contributed by atoms with Crippen molar-refractivity contribution in [1.29, 1.82) is 0 Å². The summed E-state index contributed by atoms with van der Waals surface area (Å²) < 4.78 is 43.5. The lowest BCUT2D eigenvalue weighted by Gasteiger charge is -2.26. The van der Waals surface area contributed by atoms with Crippen LogP contribution in [-0.4, -0.2) is 12.1 Å². The van der Waals surface area contributed by atoms with Crippen molar-refractivity contribution in [3.63, 3.8) is 0 Å². The van der Waals surface area contributed by atoms with Crippen LogP contribution in [-0.2, 0) is 17.5 Å². The average Bonchev–Trinajstić information content (AvgIpc) is 2.93. The van der Waals surface area contributed by atoms with Crippen LogP contribution in [0.5, 0.6) is 0 Å². The molecule has 2 bridgehead atoms. The molecule has 0 spiro atoms. The van der Waals surface area contributed by atoms with Gasteiger partial charge < -0.3 is 10.5 Å². The quantitative estimate of drug-likeness (QED) is 0.919. The number of hydrogen-bond donors (Lipinski definition) is 1. The maximum Gasteiger partial charge on any atom is 0.416 e. The van der Waals surface area contributed by atoms with Crippen molar-refractivity contribution < 1.29 is 17.9 Å². The Bertz CT molecular complexity index is 516. The lowest BCUT2D eigenvalue weighted by molar-refractivity contribution is -0.137. The number of halogens is 3. The monoisotopic (exact) mass is 299 g/mol. The number of rotatable bonds is 4. The van der Waals surface area contributed by atoms with Crippen molar-refractivity contribution in [1.82, 2.24) is 0 Å². The van der Waals surface area contributed by atoms with Gasteiger partial charge >= 0.3 is 6.18 Å². The van der Waals surface area contributed by atoms with Gasteiger partial charge in [-0.05, 0) is 55.2 Å². The molecular weight excluding hydrogens is 279 g/mol. The van der Waals surface area contributed by atoms with Crippen LogP contribution < -0.4 is 5.73 Å². The Balaban J connectivity index is 1.52. The van der Waals surface area contributed by atoms with Gasteiger partial charge in [0.1, 0.15) is 0 Å². The van der Waals surface area contributed by atoms with Crippen LogP contribution in [0, 0.1) is 11.8 Å². The van der Waals surface area contributed by atoms with Crippen molar-refractivity contribution in [3.8, 4) is 0 Å². The van der Waals surface area contributed by atoms with Gasteiger partial charge in [0, 0.05) is 5.54 Å². The van der Waals surface area contributed by atoms with Crippen LogP contribution in [0.4, 0.5) is 13.2 Å². The first-order valence-electron chi connectivity index (χ1n) is 7.38. The summed E-state index contributed by atoms with van der Waals surface area (Å²) in [5.74, 6) is 1.10. The standard InChI is InChI=1S/C16H20F3NO/c17-16(18,19)14-3-1-2-11(6-14)9-21-10-13-8-15(20)5-4-12(13)7-15/h1-3,6,12-13H,4-5,7-10,20H2. The summed E-state index contributed by atoms with van der Waals surface area (Å²) in [5, 5.41) is 0. The number of fused-ring (bicyclic) bond motifs is 2. The SMILES string of the molecule is NC12CCC(C1)C(COCc1cccc(C(F)(F)F)c1)C2. The fourth-order valence-corrected chi connectivity index (χ4v) is 3.84. The molecule has 1 aromatic carbocycles. The summed E-state index contributed by atoms with van der Waals surface area (Å²) in [5.41, 5.74) is 6.20. The van der Waals surface area contributed by atoms with Crippen LogP contribution in [0.25, 0.3) is 0 Å². The van der Waals surface area contributed by atoms with E-state index in [0.717, 1.165) is 37.8 Å². The predicted molar refractivity (Wildman–Crippen MR) is 73.5 cm³/mol. The van der Waals surface area contributed by atoms with Gasteiger partial charge in [-0.25, -0.2) is 0 Å². The van der Waals surface area contributed by atoms with Gasteiger partial charge in [-0.3, -0.25) is 0 Å². The highest BCUT2D eigenvalue weighted by atomic mass is 19.4. The Morgan fingerprint density at radius 2 is 2.10 bits per heavy atom. The molecule has 3 rings (SSSR count). The zero-order valence-corrected chi connectivity index (χ0v) is 11.8. The van der Waals surface area contributed by atoms with E-state index in [-0.39, 0.29) is 12.1 Å². The Morgan fingerprint density at radius 3 is 2.71 bits per heavy atom. The summed E-state index contributed by atoms with van der Waals surface area (Å²) in [4.78, 5) is 0. The van der Waals surface area contributed by atoms with E-state index >= 15 is 0 Å². The molecule has 1 aromatic rings. The van der Waals surface area contributed by atoms with E-state index in [1.807, 2.05) is 0 Å². The molecule has 2 aliphatic rings. The average molecular weight is 299 g/mol. The van der Waals surface area contributed by atoms with Crippen LogP contribution in [0.1, 0.15) is 36.8 Å². The van der Waals surface area contributed by atoms with Crippen molar-refractivity contribution in [2.75, 3.05) is 6.61 Å². The molecule has 5 heteroatoms. The molecule has 3 atom stereocenters. The third kappa shape index (κ3) is 3.24. The second-order valence-electron chi connectivity index (χ2n) is 6.54. The molecule has 2 nitrogen and oxygen atoms in total. The molecule has 0 aliphatic heterocycles. The van der Waals surface area contributed by atoms with Gasteiger partial charge in [0.25, 0.3) is 0 Å². The molecule has 0 radical (unpaired) electrons. The first-order valence-corrected chi connectivity index (χ1v) is 7.38. The minimum absolute atomic E-state index is 0.00507. The number of alkyl halides is 3. The van der Waals surface area contributed by atoms with Crippen molar-refractivity contribution in [2.24, 2.45) is 17.6 Å². The van der Waals surface area contributed by atoms with E-state index in [1.165, 1.54) is 6.07 Å². The van der Waals surface area contributed by atoms with Crippen LogP contribution in [0.15, 0.2) is 24.3 Å². The first kappa shape index (κ1) is 14.9. The fraction of sp³-hybridized carbons (Fsp3) is 0.625. The largest absolute Gasteiger partial charge is 0.416 e. The molecule has 3 unspecified atom stereocenters. The van der Waals surface area contributed by atoms with Crippen molar-refractivity contribution in [2.45, 2.75) is 44.0 Å². The Kier molecular flexibility index (Phi) is 3.74. The molecule has 2 aliphatic carbocycles. The van der Waals surface area contributed by atoms with Crippen LogP contribution in [0.3, 0.4) is 0 Å². The van der Waals surface area contributed by atoms with E-state index in [2.05, 4.69) is 0 Å². The minimum atomic E-state index is -4.30. The minimum Gasteiger partial charge on any atom is -0.376 e. The molecule has 0 heterocycles. The zero-order chi connectivity index (χ0) is 15.1. The number of hydrogen-bond acceptors (Lipinski definition) is 2. The third-order valence-electron chi connectivity index (χ3n) is 4.87. The van der Waals surface area contributed by atoms with Gasteiger partial charge in [-0.15, -0.1) is 0 Å². The molecule has 2 N–H and O–H groups in total. The van der Waals surface area contributed by atoms with E-state index in [0.29, 0.717) is 24.0 Å². The molecular formula is C16H20F3NO. The van der Waals surface area contributed by atoms with Crippen molar-refractivity contribution >= 4 is 0 Å². The Morgan fingerprint density at radius 1 is 1.29 bits per heavy atom. The van der Waals surface area contributed by atoms with E-state index in [1.54, 1.807) is 6.07 Å². The Labute approximate surface area is 122 Å². The Hall–Kier alpha value is -1.07. The fourth-order valence-electron chi connectivity index (χ4n) is 3.84. The summed E-state index contributed by atoms with van der Waals surface area (Å²) in [6, 6.07) is 5.33.